The van der Waals surface area contributed by atoms with Crippen molar-refractivity contribution in [1.29, 1.82) is 0 Å². The van der Waals surface area contributed by atoms with Gasteiger partial charge < -0.3 is 10.1 Å². The van der Waals surface area contributed by atoms with Gasteiger partial charge in [0.2, 0.25) is 0 Å². The smallest absolute Gasteiger partial charge is 0.282 e. The first-order chi connectivity index (χ1) is 15.7. The third-order valence-corrected chi connectivity index (χ3v) is 5.33. The van der Waals surface area contributed by atoms with E-state index in [1.54, 1.807) is 24.3 Å². The number of nitrogens with zero attached hydrogens (tertiary/aromatic N) is 1. The van der Waals surface area contributed by atoms with Crippen molar-refractivity contribution in [3.05, 3.63) is 94.9 Å². The molecule has 0 aromatic heterocycles. The van der Waals surface area contributed by atoms with Crippen LogP contribution in [0.1, 0.15) is 30.5 Å². The van der Waals surface area contributed by atoms with Crippen LogP contribution in [-0.4, -0.2) is 17.9 Å². The third-order valence-electron chi connectivity index (χ3n) is 5.33. The lowest BCUT2D eigenvalue weighted by Crippen LogP contribution is -2.32. The maximum Gasteiger partial charge on any atom is 0.282 e. The first kappa shape index (κ1) is 22.3. The van der Waals surface area contributed by atoms with Gasteiger partial charge in [0.25, 0.3) is 11.8 Å². The second-order valence-corrected chi connectivity index (χ2v) is 8.31. The van der Waals surface area contributed by atoms with Gasteiger partial charge in [-0.05, 0) is 81.3 Å². The standard InChI is InChI=1S/C27H25FN2O3/c1-16(2)33-22-12-10-21(11-13-22)30-26(31)24(19-6-8-20(28)9-7-19)25(27(30)32)29-23-14-5-17(3)15-18(23)4/h5-16,29H,1-4H3. The zero-order valence-corrected chi connectivity index (χ0v) is 19.0. The van der Waals surface area contributed by atoms with Gasteiger partial charge in [-0.2, -0.15) is 0 Å². The number of carbonyl (C=O) groups excluding carboxylic acids is 2. The SMILES string of the molecule is Cc1ccc(NC2=C(c3ccc(F)cc3)C(=O)N(c3ccc(OC(C)C)cc3)C2=O)c(C)c1. The minimum absolute atomic E-state index is 0.00574. The molecule has 0 spiro atoms. The van der Waals surface area contributed by atoms with Gasteiger partial charge in [-0.25, -0.2) is 9.29 Å². The molecular formula is C27H25FN2O3. The Labute approximate surface area is 192 Å². The second kappa shape index (κ2) is 8.90. The van der Waals surface area contributed by atoms with Crippen LogP contribution in [0.15, 0.2) is 72.4 Å². The maximum atomic E-state index is 13.5. The lowest BCUT2D eigenvalue weighted by Gasteiger charge is -2.17. The summed E-state index contributed by atoms with van der Waals surface area (Å²) in [4.78, 5) is 28.1. The van der Waals surface area contributed by atoms with Crippen molar-refractivity contribution in [1.82, 2.24) is 0 Å². The largest absolute Gasteiger partial charge is 0.491 e. The number of rotatable bonds is 6. The minimum atomic E-state index is -0.476. The van der Waals surface area contributed by atoms with Crippen LogP contribution in [-0.2, 0) is 9.59 Å². The first-order valence-electron chi connectivity index (χ1n) is 10.7. The Bertz CT molecular complexity index is 1250. The Morgan fingerprint density at radius 1 is 0.879 bits per heavy atom. The zero-order chi connectivity index (χ0) is 23.7. The predicted molar refractivity (Wildman–Crippen MR) is 128 cm³/mol. The molecule has 168 valence electrons. The Hall–Kier alpha value is -3.93. The Balaban J connectivity index is 1.76. The molecule has 4 rings (SSSR count). The molecule has 1 aliphatic rings. The second-order valence-electron chi connectivity index (χ2n) is 8.31. The first-order valence-corrected chi connectivity index (χ1v) is 10.7. The fraction of sp³-hybridized carbons (Fsp3) is 0.185. The number of hydrogen-bond acceptors (Lipinski definition) is 4. The number of halogens is 1. The number of nitrogens with one attached hydrogen (secondary N) is 1. The summed E-state index contributed by atoms with van der Waals surface area (Å²) in [6, 6.07) is 18.2. The van der Waals surface area contributed by atoms with Crippen molar-refractivity contribution in [3.8, 4) is 5.75 Å². The van der Waals surface area contributed by atoms with Crippen LogP contribution in [0.5, 0.6) is 5.75 Å². The molecule has 0 bridgehead atoms. The van der Waals surface area contributed by atoms with Crippen LogP contribution >= 0.6 is 0 Å². The van der Waals surface area contributed by atoms with Crippen LogP contribution in [0.4, 0.5) is 15.8 Å². The number of hydrogen-bond donors (Lipinski definition) is 1. The van der Waals surface area contributed by atoms with Crippen molar-refractivity contribution in [2.24, 2.45) is 0 Å². The molecule has 0 fully saturated rings. The van der Waals surface area contributed by atoms with Crippen molar-refractivity contribution in [2.45, 2.75) is 33.8 Å². The summed E-state index contributed by atoms with van der Waals surface area (Å²) in [6.45, 7) is 7.76. The molecule has 1 aliphatic heterocycles. The molecule has 3 aromatic carbocycles. The van der Waals surface area contributed by atoms with Gasteiger partial charge in [0.1, 0.15) is 17.3 Å². The number of carbonyl (C=O) groups is 2. The molecule has 5 nitrogen and oxygen atoms in total. The lowest BCUT2D eigenvalue weighted by molar-refractivity contribution is -0.120. The summed E-state index contributed by atoms with van der Waals surface area (Å²) in [6.07, 6.45) is 0.00574. The summed E-state index contributed by atoms with van der Waals surface area (Å²) < 4.78 is 19.2. The van der Waals surface area contributed by atoms with E-state index in [4.69, 9.17) is 4.74 Å². The van der Waals surface area contributed by atoms with Crippen molar-refractivity contribution < 1.29 is 18.7 Å². The molecule has 6 heteroatoms. The monoisotopic (exact) mass is 444 g/mol. The van der Waals surface area contributed by atoms with E-state index in [-0.39, 0.29) is 17.4 Å². The van der Waals surface area contributed by atoms with Gasteiger partial charge in [-0.1, -0.05) is 29.8 Å². The van der Waals surface area contributed by atoms with E-state index in [1.165, 1.54) is 24.3 Å². The van der Waals surface area contributed by atoms with E-state index in [9.17, 15) is 14.0 Å². The molecule has 0 radical (unpaired) electrons. The van der Waals surface area contributed by atoms with Crippen molar-refractivity contribution in [2.75, 3.05) is 10.2 Å². The highest BCUT2D eigenvalue weighted by Crippen LogP contribution is 2.35. The highest BCUT2D eigenvalue weighted by Gasteiger charge is 2.40. The Kier molecular flexibility index (Phi) is 6.01. The van der Waals surface area contributed by atoms with Crippen LogP contribution < -0.4 is 15.0 Å². The fourth-order valence-electron chi connectivity index (χ4n) is 3.80. The number of anilines is 2. The molecule has 0 saturated heterocycles. The predicted octanol–water partition coefficient (Wildman–Crippen LogP) is 5.63. The van der Waals surface area contributed by atoms with Crippen LogP contribution in [0.3, 0.4) is 0 Å². The highest BCUT2D eigenvalue weighted by atomic mass is 19.1. The maximum absolute atomic E-state index is 13.5. The van der Waals surface area contributed by atoms with E-state index in [0.717, 1.165) is 21.7 Å². The number of benzene rings is 3. The molecule has 0 unspecified atom stereocenters. The molecule has 0 aliphatic carbocycles. The molecular weight excluding hydrogens is 419 g/mol. The normalized spacial score (nSPS) is 13.8. The molecule has 33 heavy (non-hydrogen) atoms. The number of ether oxygens (including phenoxy) is 1. The molecule has 3 aromatic rings. The van der Waals surface area contributed by atoms with Crippen molar-refractivity contribution in [3.63, 3.8) is 0 Å². The lowest BCUT2D eigenvalue weighted by atomic mass is 10.0. The van der Waals surface area contributed by atoms with E-state index in [2.05, 4.69) is 5.32 Å². The Morgan fingerprint density at radius 3 is 2.15 bits per heavy atom. The molecule has 0 saturated carbocycles. The minimum Gasteiger partial charge on any atom is -0.491 e. The van der Waals surface area contributed by atoms with E-state index < -0.39 is 17.6 Å². The summed E-state index contributed by atoms with van der Waals surface area (Å²) >= 11 is 0. The molecule has 1 heterocycles. The molecule has 1 N–H and O–H groups in total. The number of amides is 2. The van der Waals surface area contributed by atoms with Gasteiger partial charge >= 0.3 is 0 Å². The fourth-order valence-corrected chi connectivity index (χ4v) is 3.80. The van der Waals surface area contributed by atoms with Gasteiger partial charge in [0, 0.05) is 5.69 Å². The van der Waals surface area contributed by atoms with Crippen LogP contribution in [0.2, 0.25) is 0 Å². The molecule has 0 atom stereocenters. The summed E-state index contributed by atoms with van der Waals surface area (Å²) in [7, 11) is 0. The average Bonchev–Trinajstić information content (AvgIpc) is 3.00. The number of aryl methyl sites for hydroxylation is 2. The number of imide groups is 1. The van der Waals surface area contributed by atoms with E-state index in [1.807, 2.05) is 45.9 Å². The van der Waals surface area contributed by atoms with E-state index in [0.29, 0.717) is 17.0 Å². The van der Waals surface area contributed by atoms with Gasteiger partial charge in [-0.15, -0.1) is 0 Å². The van der Waals surface area contributed by atoms with E-state index >= 15 is 0 Å². The average molecular weight is 445 g/mol. The van der Waals surface area contributed by atoms with Gasteiger partial charge in [-0.3, -0.25) is 9.59 Å². The topological polar surface area (TPSA) is 58.6 Å². The zero-order valence-electron chi connectivity index (χ0n) is 19.0. The van der Waals surface area contributed by atoms with Gasteiger partial charge in [0.05, 0.1) is 17.4 Å². The van der Waals surface area contributed by atoms with Crippen molar-refractivity contribution >= 4 is 28.8 Å². The quantitative estimate of drug-likeness (QED) is 0.501. The van der Waals surface area contributed by atoms with Crippen LogP contribution in [0, 0.1) is 19.7 Å². The summed E-state index contributed by atoms with van der Waals surface area (Å²) in [5, 5.41) is 3.17. The Morgan fingerprint density at radius 2 is 1.55 bits per heavy atom. The van der Waals surface area contributed by atoms with Gasteiger partial charge in [0.15, 0.2) is 0 Å². The third kappa shape index (κ3) is 4.51. The molecule has 2 amide bonds. The summed E-state index contributed by atoms with van der Waals surface area (Å²) in [5.41, 5.74) is 3.99. The summed E-state index contributed by atoms with van der Waals surface area (Å²) in [5.74, 6) is -0.723. The highest BCUT2D eigenvalue weighted by molar-refractivity contribution is 6.46. The van der Waals surface area contributed by atoms with Crippen LogP contribution in [0.25, 0.3) is 5.57 Å².